The first-order valence-electron chi connectivity index (χ1n) is 5.36. The van der Waals surface area contributed by atoms with Crippen molar-refractivity contribution in [2.75, 3.05) is 6.54 Å². The molecule has 1 unspecified atom stereocenters. The summed E-state index contributed by atoms with van der Waals surface area (Å²) in [4.78, 5) is 21.9. The molecule has 0 radical (unpaired) electrons. The second-order valence-corrected chi connectivity index (χ2v) is 3.70. The number of hydrogen-bond acceptors (Lipinski definition) is 3. The lowest BCUT2D eigenvalue weighted by atomic mass is 10.2. The lowest BCUT2D eigenvalue weighted by Gasteiger charge is -2.09. The summed E-state index contributed by atoms with van der Waals surface area (Å²) in [5.74, 6) is -1.19. The summed E-state index contributed by atoms with van der Waals surface area (Å²) < 4.78 is 0. The van der Waals surface area contributed by atoms with Crippen LogP contribution < -0.4 is 10.6 Å². The molecule has 0 saturated heterocycles. The minimum absolute atomic E-state index is 0.000298. The number of carbonyl (C=O) groups is 2. The van der Waals surface area contributed by atoms with Crippen LogP contribution in [0.15, 0.2) is 30.3 Å². The Kier molecular flexibility index (Phi) is 5.16. The van der Waals surface area contributed by atoms with Crippen molar-refractivity contribution >= 4 is 11.9 Å². The van der Waals surface area contributed by atoms with Gasteiger partial charge in [-0.2, -0.15) is 0 Å². The van der Waals surface area contributed by atoms with Gasteiger partial charge in [0.15, 0.2) is 0 Å². The highest BCUT2D eigenvalue weighted by Gasteiger charge is 2.11. The van der Waals surface area contributed by atoms with E-state index in [-0.39, 0.29) is 12.5 Å². The van der Waals surface area contributed by atoms with Crippen LogP contribution in [0.5, 0.6) is 0 Å². The fourth-order valence-electron chi connectivity index (χ4n) is 1.19. The zero-order valence-corrected chi connectivity index (χ0v) is 9.64. The van der Waals surface area contributed by atoms with Crippen molar-refractivity contribution in [3.63, 3.8) is 0 Å². The van der Waals surface area contributed by atoms with E-state index in [0.717, 1.165) is 5.56 Å². The van der Waals surface area contributed by atoms with Gasteiger partial charge in [-0.05, 0) is 12.5 Å². The van der Waals surface area contributed by atoms with Gasteiger partial charge in [0.05, 0.1) is 6.54 Å². The first-order valence-corrected chi connectivity index (χ1v) is 5.36. The number of nitrogens with one attached hydrogen (secondary N) is 2. The van der Waals surface area contributed by atoms with Gasteiger partial charge in [-0.25, -0.2) is 0 Å². The van der Waals surface area contributed by atoms with Crippen molar-refractivity contribution < 1.29 is 14.7 Å². The number of carboxylic acids is 1. The predicted molar refractivity (Wildman–Crippen MR) is 63.4 cm³/mol. The van der Waals surface area contributed by atoms with Crippen LogP contribution in [0.4, 0.5) is 0 Å². The maximum atomic E-state index is 11.4. The molecule has 92 valence electrons. The minimum Gasteiger partial charge on any atom is -0.480 e. The topological polar surface area (TPSA) is 78.4 Å². The van der Waals surface area contributed by atoms with Gasteiger partial charge in [0, 0.05) is 6.54 Å². The number of aliphatic carboxylic acids is 1. The second-order valence-electron chi connectivity index (χ2n) is 3.70. The monoisotopic (exact) mass is 236 g/mol. The van der Waals surface area contributed by atoms with Crippen LogP contribution in [-0.4, -0.2) is 29.6 Å². The molecule has 1 rings (SSSR count). The molecular formula is C12H16N2O3. The summed E-state index contributed by atoms with van der Waals surface area (Å²) in [5, 5.41) is 13.9. The van der Waals surface area contributed by atoms with Gasteiger partial charge in [0.2, 0.25) is 5.91 Å². The number of rotatable bonds is 6. The Balaban J connectivity index is 2.24. The first-order chi connectivity index (χ1) is 8.09. The number of hydrogen-bond donors (Lipinski definition) is 3. The van der Waals surface area contributed by atoms with Gasteiger partial charge in [0.1, 0.15) is 6.04 Å². The molecule has 17 heavy (non-hydrogen) atoms. The Labute approximate surface area is 99.8 Å². The van der Waals surface area contributed by atoms with E-state index in [1.165, 1.54) is 6.92 Å². The third-order valence-corrected chi connectivity index (χ3v) is 2.27. The smallest absolute Gasteiger partial charge is 0.320 e. The van der Waals surface area contributed by atoms with E-state index in [4.69, 9.17) is 5.11 Å². The number of amides is 1. The van der Waals surface area contributed by atoms with Crippen LogP contribution in [0.25, 0.3) is 0 Å². The van der Waals surface area contributed by atoms with Crippen LogP contribution in [0.3, 0.4) is 0 Å². The number of carboxylic acid groups (broad SMARTS) is 1. The Morgan fingerprint density at radius 1 is 1.29 bits per heavy atom. The van der Waals surface area contributed by atoms with Crippen molar-refractivity contribution in [3.05, 3.63) is 35.9 Å². The predicted octanol–water partition coefficient (Wildman–Crippen LogP) is 0.365. The van der Waals surface area contributed by atoms with Gasteiger partial charge in [-0.3, -0.25) is 14.9 Å². The van der Waals surface area contributed by atoms with E-state index in [0.29, 0.717) is 6.54 Å². The number of benzene rings is 1. The zero-order valence-electron chi connectivity index (χ0n) is 9.64. The molecule has 0 spiro atoms. The molecule has 3 N–H and O–H groups in total. The van der Waals surface area contributed by atoms with E-state index in [1.54, 1.807) is 0 Å². The van der Waals surface area contributed by atoms with Gasteiger partial charge < -0.3 is 10.4 Å². The summed E-state index contributed by atoms with van der Waals surface area (Å²) in [5.41, 5.74) is 1.01. The average molecular weight is 236 g/mol. The maximum absolute atomic E-state index is 11.4. The maximum Gasteiger partial charge on any atom is 0.320 e. The molecule has 0 aliphatic carbocycles. The van der Waals surface area contributed by atoms with E-state index >= 15 is 0 Å². The van der Waals surface area contributed by atoms with Gasteiger partial charge in [0.25, 0.3) is 0 Å². The molecule has 0 saturated carbocycles. The quantitative estimate of drug-likeness (QED) is 0.666. The van der Waals surface area contributed by atoms with Crippen LogP contribution in [-0.2, 0) is 16.1 Å². The molecule has 0 aliphatic heterocycles. The molecule has 0 bridgehead atoms. The lowest BCUT2D eigenvalue weighted by molar-refractivity contribution is -0.139. The highest BCUT2D eigenvalue weighted by atomic mass is 16.4. The molecule has 5 heteroatoms. The third kappa shape index (κ3) is 5.12. The van der Waals surface area contributed by atoms with Crippen molar-refractivity contribution in [1.82, 2.24) is 10.6 Å². The molecule has 5 nitrogen and oxygen atoms in total. The third-order valence-electron chi connectivity index (χ3n) is 2.27. The largest absolute Gasteiger partial charge is 0.480 e. The molecule has 0 aromatic heterocycles. The minimum atomic E-state index is -0.971. The zero-order chi connectivity index (χ0) is 12.7. The summed E-state index contributed by atoms with van der Waals surface area (Å²) in [6.07, 6.45) is 0. The van der Waals surface area contributed by atoms with Crippen LogP contribution in [0, 0.1) is 0 Å². The van der Waals surface area contributed by atoms with Crippen molar-refractivity contribution in [3.8, 4) is 0 Å². The number of carbonyl (C=O) groups excluding carboxylic acids is 1. The average Bonchev–Trinajstić information content (AvgIpc) is 2.34. The first kappa shape index (κ1) is 13.2. The molecule has 0 aliphatic rings. The van der Waals surface area contributed by atoms with Crippen molar-refractivity contribution in [2.24, 2.45) is 0 Å². The molecule has 1 aromatic carbocycles. The molecule has 1 amide bonds. The Bertz CT molecular complexity index is 379. The highest BCUT2D eigenvalue weighted by molar-refractivity contribution is 5.79. The summed E-state index contributed by atoms with van der Waals surface area (Å²) in [6.45, 7) is 1.94. The Morgan fingerprint density at radius 2 is 1.94 bits per heavy atom. The fraction of sp³-hybridized carbons (Fsp3) is 0.333. The highest BCUT2D eigenvalue weighted by Crippen LogP contribution is 1.96. The lowest BCUT2D eigenvalue weighted by Crippen LogP contribution is -2.41. The van der Waals surface area contributed by atoms with Crippen LogP contribution in [0.1, 0.15) is 12.5 Å². The van der Waals surface area contributed by atoms with Crippen molar-refractivity contribution in [1.29, 1.82) is 0 Å². The SMILES string of the molecule is CC(NCC(=O)NCc1ccccc1)C(=O)O. The molecule has 1 atom stereocenters. The molecule has 0 heterocycles. The Hall–Kier alpha value is -1.88. The van der Waals surface area contributed by atoms with E-state index in [1.807, 2.05) is 30.3 Å². The standard InChI is InChI=1S/C12H16N2O3/c1-9(12(16)17)13-8-11(15)14-7-10-5-3-2-4-6-10/h2-6,9,13H,7-8H2,1H3,(H,14,15)(H,16,17). The van der Waals surface area contributed by atoms with E-state index in [2.05, 4.69) is 10.6 Å². The molecule has 1 aromatic rings. The summed E-state index contributed by atoms with van der Waals surface area (Å²) in [6, 6.07) is 8.79. The van der Waals surface area contributed by atoms with Gasteiger partial charge in [-0.15, -0.1) is 0 Å². The summed E-state index contributed by atoms with van der Waals surface area (Å²) >= 11 is 0. The van der Waals surface area contributed by atoms with Crippen LogP contribution >= 0.6 is 0 Å². The Morgan fingerprint density at radius 3 is 2.53 bits per heavy atom. The van der Waals surface area contributed by atoms with Gasteiger partial charge in [-0.1, -0.05) is 30.3 Å². The summed E-state index contributed by atoms with van der Waals surface area (Å²) in [7, 11) is 0. The van der Waals surface area contributed by atoms with E-state index in [9.17, 15) is 9.59 Å². The molecule has 0 fully saturated rings. The normalized spacial score (nSPS) is 11.8. The fourth-order valence-corrected chi connectivity index (χ4v) is 1.19. The molecular weight excluding hydrogens is 220 g/mol. The van der Waals surface area contributed by atoms with Gasteiger partial charge >= 0.3 is 5.97 Å². The van der Waals surface area contributed by atoms with E-state index < -0.39 is 12.0 Å². The van der Waals surface area contributed by atoms with Crippen molar-refractivity contribution in [2.45, 2.75) is 19.5 Å². The van der Waals surface area contributed by atoms with Crippen LogP contribution in [0.2, 0.25) is 0 Å². The second kappa shape index (κ2) is 6.65.